The molecule has 0 aliphatic rings. The van der Waals surface area contributed by atoms with Gasteiger partial charge in [0.25, 0.3) is 0 Å². The van der Waals surface area contributed by atoms with Crippen LogP contribution in [0.2, 0.25) is 0 Å². The zero-order valence-corrected chi connectivity index (χ0v) is 10.5. The number of methoxy groups -OCH3 is 1. The van der Waals surface area contributed by atoms with Crippen molar-refractivity contribution in [2.24, 2.45) is 0 Å². The molecule has 0 saturated carbocycles. The van der Waals surface area contributed by atoms with Crippen molar-refractivity contribution in [3.05, 3.63) is 21.7 Å². The predicted molar refractivity (Wildman–Crippen MR) is 61.7 cm³/mol. The molecule has 15 heavy (non-hydrogen) atoms. The summed E-state index contributed by atoms with van der Waals surface area (Å²) < 4.78 is 5.60. The molecule has 1 aromatic carbocycles. The lowest BCUT2D eigenvalue weighted by molar-refractivity contribution is 0.101. The molecule has 3 nitrogen and oxygen atoms in total. The molecular formula is C11H13BrO3. The van der Waals surface area contributed by atoms with Gasteiger partial charge in [-0.25, -0.2) is 0 Å². The predicted octanol–water partition coefficient (Wildman–Crippen LogP) is 2.93. The van der Waals surface area contributed by atoms with E-state index in [1.165, 1.54) is 14.0 Å². The molecule has 0 aliphatic carbocycles. The van der Waals surface area contributed by atoms with Crippen LogP contribution in [0.3, 0.4) is 0 Å². The van der Waals surface area contributed by atoms with Gasteiger partial charge in [-0.3, -0.25) is 4.79 Å². The maximum atomic E-state index is 11.3. The summed E-state index contributed by atoms with van der Waals surface area (Å²) in [4.78, 5) is 11.3. The minimum absolute atomic E-state index is 0.0587. The molecule has 0 fully saturated rings. The number of phenolic OH excluding ortho intramolecular Hbond substituents is 1. The van der Waals surface area contributed by atoms with E-state index in [0.29, 0.717) is 15.8 Å². The highest BCUT2D eigenvalue weighted by Crippen LogP contribution is 2.39. The summed E-state index contributed by atoms with van der Waals surface area (Å²) in [6.07, 6.45) is 0.738. The zero-order valence-electron chi connectivity index (χ0n) is 8.93. The van der Waals surface area contributed by atoms with E-state index in [9.17, 15) is 9.90 Å². The van der Waals surface area contributed by atoms with Crippen molar-refractivity contribution in [2.45, 2.75) is 20.3 Å². The molecule has 1 rings (SSSR count). The summed E-state index contributed by atoms with van der Waals surface area (Å²) >= 11 is 3.22. The first kappa shape index (κ1) is 12.0. The molecule has 0 radical (unpaired) electrons. The van der Waals surface area contributed by atoms with Crippen molar-refractivity contribution < 1.29 is 14.6 Å². The Morgan fingerprint density at radius 1 is 1.60 bits per heavy atom. The van der Waals surface area contributed by atoms with E-state index < -0.39 is 0 Å². The van der Waals surface area contributed by atoms with E-state index in [1.54, 1.807) is 6.07 Å². The van der Waals surface area contributed by atoms with Crippen LogP contribution in [0.15, 0.2) is 10.5 Å². The van der Waals surface area contributed by atoms with Crippen molar-refractivity contribution in [3.63, 3.8) is 0 Å². The number of carbonyl (C=O) groups is 1. The minimum Gasteiger partial charge on any atom is -0.506 e. The normalized spacial score (nSPS) is 10.1. The summed E-state index contributed by atoms with van der Waals surface area (Å²) in [7, 11) is 1.53. The van der Waals surface area contributed by atoms with Gasteiger partial charge in [0.15, 0.2) is 5.78 Å². The number of hydrogen-bond donors (Lipinski definition) is 1. The molecule has 1 N–H and O–H groups in total. The number of halogens is 1. The van der Waals surface area contributed by atoms with Crippen molar-refractivity contribution in [1.82, 2.24) is 0 Å². The van der Waals surface area contributed by atoms with E-state index in [0.717, 1.165) is 12.0 Å². The maximum absolute atomic E-state index is 11.3. The van der Waals surface area contributed by atoms with Crippen molar-refractivity contribution in [2.75, 3.05) is 7.11 Å². The molecule has 0 atom stereocenters. The fourth-order valence-corrected chi connectivity index (χ4v) is 2.06. The van der Waals surface area contributed by atoms with Crippen molar-refractivity contribution in [3.8, 4) is 11.5 Å². The van der Waals surface area contributed by atoms with Gasteiger partial charge in [-0.15, -0.1) is 0 Å². The second-order valence-electron chi connectivity index (χ2n) is 3.19. The third kappa shape index (κ3) is 2.15. The van der Waals surface area contributed by atoms with Crippen molar-refractivity contribution >= 4 is 21.7 Å². The first-order chi connectivity index (χ1) is 7.02. The number of Topliss-reactive ketones (excluding diaryl/α,β-unsaturated/α-hetero) is 1. The van der Waals surface area contributed by atoms with E-state index in [1.807, 2.05) is 6.92 Å². The summed E-state index contributed by atoms with van der Waals surface area (Å²) in [6.45, 7) is 3.39. The molecule has 0 aliphatic heterocycles. The smallest absolute Gasteiger partial charge is 0.163 e. The van der Waals surface area contributed by atoms with Crippen LogP contribution < -0.4 is 4.74 Å². The van der Waals surface area contributed by atoms with Crippen LogP contribution in [0, 0.1) is 0 Å². The summed E-state index contributed by atoms with van der Waals surface area (Å²) in [5, 5.41) is 9.75. The Morgan fingerprint density at radius 3 is 2.60 bits per heavy atom. The Hall–Kier alpha value is -1.03. The Kier molecular flexibility index (Phi) is 3.74. The number of aryl methyl sites for hydroxylation is 1. The van der Waals surface area contributed by atoms with Gasteiger partial charge in [0.1, 0.15) is 16.0 Å². The molecule has 0 aromatic heterocycles. The fraction of sp³-hybridized carbons (Fsp3) is 0.364. The Balaban J connectivity index is 3.49. The minimum atomic E-state index is -0.162. The molecule has 1 aromatic rings. The molecule has 0 amide bonds. The molecule has 0 saturated heterocycles. The van der Waals surface area contributed by atoms with E-state index >= 15 is 0 Å². The standard InChI is InChI=1S/C11H13BrO3/c1-4-7-5-8(6(2)13)10(14)9(12)11(7)15-3/h5,14H,4H2,1-3H3. The number of ketones is 1. The highest BCUT2D eigenvalue weighted by molar-refractivity contribution is 9.10. The number of rotatable bonds is 3. The van der Waals surface area contributed by atoms with Crippen LogP contribution in [-0.2, 0) is 6.42 Å². The Bertz CT molecular complexity index is 399. The number of carbonyl (C=O) groups excluding carboxylic acids is 1. The van der Waals surface area contributed by atoms with E-state index in [-0.39, 0.29) is 11.5 Å². The van der Waals surface area contributed by atoms with Gasteiger partial charge < -0.3 is 9.84 Å². The highest BCUT2D eigenvalue weighted by atomic mass is 79.9. The average molecular weight is 273 g/mol. The van der Waals surface area contributed by atoms with Gasteiger partial charge in [0.05, 0.1) is 12.7 Å². The van der Waals surface area contributed by atoms with Gasteiger partial charge in [0, 0.05) is 0 Å². The Labute approximate surface area is 97.2 Å². The SMILES string of the molecule is CCc1cc(C(C)=O)c(O)c(Br)c1OC. The molecule has 4 heteroatoms. The number of ether oxygens (including phenoxy) is 1. The first-order valence-corrected chi connectivity index (χ1v) is 5.41. The number of benzene rings is 1. The van der Waals surface area contributed by atoms with E-state index in [2.05, 4.69) is 15.9 Å². The van der Waals surface area contributed by atoms with Crippen LogP contribution >= 0.6 is 15.9 Å². The second-order valence-corrected chi connectivity index (χ2v) is 3.98. The van der Waals surface area contributed by atoms with Crippen LogP contribution in [0.4, 0.5) is 0 Å². The number of phenols is 1. The second kappa shape index (κ2) is 4.66. The van der Waals surface area contributed by atoms with Gasteiger partial charge in [-0.1, -0.05) is 6.92 Å². The lowest BCUT2D eigenvalue weighted by Gasteiger charge is -2.12. The van der Waals surface area contributed by atoms with Crippen LogP contribution in [0.1, 0.15) is 29.8 Å². The monoisotopic (exact) mass is 272 g/mol. The van der Waals surface area contributed by atoms with Crippen LogP contribution in [0.25, 0.3) is 0 Å². The lowest BCUT2D eigenvalue weighted by atomic mass is 10.0. The topological polar surface area (TPSA) is 46.5 Å². The first-order valence-electron chi connectivity index (χ1n) is 4.62. The third-order valence-electron chi connectivity index (χ3n) is 2.24. The fourth-order valence-electron chi connectivity index (χ4n) is 1.43. The quantitative estimate of drug-likeness (QED) is 0.861. The van der Waals surface area contributed by atoms with Crippen molar-refractivity contribution in [1.29, 1.82) is 0 Å². The van der Waals surface area contributed by atoms with Gasteiger partial charge in [0.2, 0.25) is 0 Å². The summed E-state index contributed by atoms with van der Waals surface area (Å²) in [5.41, 5.74) is 1.21. The number of hydrogen-bond acceptors (Lipinski definition) is 3. The van der Waals surface area contributed by atoms with Crippen LogP contribution in [0.5, 0.6) is 11.5 Å². The molecule has 82 valence electrons. The van der Waals surface area contributed by atoms with Gasteiger partial charge in [-0.2, -0.15) is 0 Å². The molecule has 0 unspecified atom stereocenters. The van der Waals surface area contributed by atoms with E-state index in [4.69, 9.17) is 4.74 Å². The summed E-state index contributed by atoms with van der Waals surface area (Å²) in [6, 6.07) is 1.67. The highest BCUT2D eigenvalue weighted by Gasteiger charge is 2.17. The molecule has 0 heterocycles. The number of aromatic hydroxyl groups is 1. The summed E-state index contributed by atoms with van der Waals surface area (Å²) in [5.74, 6) is 0.363. The molecule has 0 bridgehead atoms. The maximum Gasteiger partial charge on any atom is 0.163 e. The van der Waals surface area contributed by atoms with Gasteiger partial charge >= 0.3 is 0 Å². The largest absolute Gasteiger partial charge is 0.506 e. The van der Waals surface area contributed by atoms with Gasteiger partial charge in [-0.05, 0) is 40.9 Å². The third-order valence-corrected chi connectivity index (χ3v) is 2.97. The zero-order chi connectivity index (χ0) is 11.6. The molecular weight excluding hydrogens is 260 g/mol. The molecule has 0 spiro atoms. The Morgan fingerprint density at radius 2 is 2.20 bits per heavy atom. The van der Waals surface area contributed by atoms with Crippen LogP contribution in [-0.4, -0.2) is 18.0 Å². The lowest BCUT2D eigenvalue weighted by Crippen LogP contribution is -1.99. The average Bonchev–Trinajstić information content (AvgIpc) is 2.21.